The smallest absolute Gasteiger partial charge is 0.150 e. The van der Waals surface area contributed by atoms with Crippen molar-refractivity contribution < 1.29 is 0 Å². The Labute approximate surface area is 55.1 Å². The summed E-state index contributed by atoms with van der Waals surface area (Å²) in [7, 11) is 8.00. The largest absolute Gasteiger partial charge is 0.450 e. The number of rotatable bonds is 0. The van der Waals surface area contributed by atoms with E-state index in [9.17, 15) is 0 Å². The van der Waals surface area contributed by atoms with Crippen molar-refractivity contribution in [3.05, 3.63) is 0 Å². The molecule has 0 amide bonds. The molecule has 0 heterocycles. The first-order valence-electron chi connectivity index (χ1n) is 0.988. The molecule has 0 rings (SSSR count). The second-order valence-electron chi connectivity index (χ2n) is 0.247. The molecule has 0 bridgehead atoms. The van der Waals surface area contributed by atoms with Gasteiger partial charge in [-0.25, -0.2) is 0 Å². The van der Waals surface area contributed by atoms with Gasteiger partial charge in [-0.05, 0) is 0 Å². The molecule has 0 fully saturated rings. The molecule has 0 N–H and O–H groups in total. The van der Waals surface area contributed by atoms with Crippen LogP contribution in [0.3, 0.4) is 0 Å². The predicted octanol–water partition coefficient (Wildman–Crippen LogP) is 0.926. The van der Waals surface area contributed by atoms with Crippen LogP contribution in [-0.4, -0.2) is 20.4 Å². The lowest BCUT2D eigenvalue weighted by atomic mass is 9.81. The second-order valence-corrected chi connectivity index (χ2v) is 2.23. The van der Waals surface area contributed by atoms with Gasteiger partial charge < -0.3 is 0 Å². The molecule has 0 unspecified atom stereocenters. The van der Waals surface area contributed by atoms with Gasteiger partial charge in [0.2, 0.25) is 0 Å². The monoisotopic (exact) mass is 138 g/mol. The molecule has 30 valence electrons. The lowest BCUT2D eigenvalue weighted by molar-refractivity contribution is 4.07. The first-order valence-corrected chi connectivity index (χ1v) is 2.30. The molecule has 0 aromatic rings. The summed E-state index contributed by atoms with van der Waals surface area (Å²) < 4.78 is 0. The van der Waals surface area contributed by atoms with E-state index in [0.29, 0.717) is 0 Å². The summed E-state index contributed by atoms with van der Waals surface area (Å²) in [5, 5.41) is 0. The van der Waals surface area contributed by atoms with E-state index in [1.807, 2.05) is 0 Å². The lowest BCUT2D eigenvalue weighted by Gasteiger charge is -1.61. The topological polar surface area (TPSA) is 0 Å². The Hall–Kier alpha value is 1.06. The predicted molar refractivity (Wildman–Crippen MR) is 34.8 cm³/mol. The number of hydrogen-bond donors (Lipinski definition) is 0. The Morgan fingerprint density at radius 3 is 1.00 bits per heavy atom. The maximum Gasteiger partial charge on any atom is 0.450 e. The minimum absolute atomic E-state index is 0.750. The number of hydrogen-bond acceptors (Lipinski definition) is 0. The minimum atomic E-state index is -0.750. The van der Waals surface area contributed by atoms with E-state index >= 15 is 0 Å². The summed E-state index contributed by atoms with van der Waals surface area (Å²) >= 11 is 14.4. The average Bonchev–Trinajstić information content (AvgIpc) is 1.41. The Morgan fingerprint density at radius 2 is 1.00 bits per heavy atom. The standard InChI is InChI=1S/B2.BCl3/c1-2;2-1(3)4. The van der Waals surface area contributed by atoms with Crippen LogP contribution in [0.2, 0.25) is 0 Å². The molecular weight excluding hydrogens is 139 g/mol. The summed E-state index contributed by atoms with van der Waals surface area (Å²) in [6.45, 7) is 0. The zero-order valence-electron chi connectivity index (χ0n) is 2.87. The van der Waals surface area contributed by atoms with Crippen LogP contribution in [0.1, 0.15) is 0 Å². The van der Waals surface area contributed by atoms with Crippen molar-refractivity contribution in [3.63, 3.8) is 0 Å². The van der Waals surface area contributed by atoms with Crippen LogP contribution >= 0.6 is 34.4 Å². The van der Waals surface area contributed by atoms with Gasteiger partial charge in [-0.15, -0.1) is 0 Å². The van der Waals surface area contributed by atoms with Crippen molar-refractivity contribution >= 4 is 54.8 Å². The van der Waals surface area contributed by atoms with Crippen molar-refractivity contribution in [2.45, 2.75) is 0 Å². The minimum Gasteiger partial charge on any atom is -0.150 e. The van der Waals surface area contributed by atoms with Gasteiger partial charge in [-0.3, -0.25) is 0 Å². The summed E-state index contributed by atoms with van der Waals surface area (Å²) in [4.78, 5) is -0.750. The highest BCUT2D eigenvalue weighted by Gasteiger charge is 1.91. The molecule has 6 heteroatoms. The van der Waals surface area contributed by atoms with Crippen molar-refractivity contribution in [1.82, 2.24) is 0 Å². The zero-order chi connectivity index (χ0) is 5.58. The van der Waals surface area contributed by atoms with Gasteiger partial charge in [-0.2, -0.15) is 34.4 Å². The Balaban J connectivity index is 0. The molecule has 0 aromatic heterocycles. The van der Waals surface area contributed by atoms with Crippen molar-refractivity contribution in [2.24, 2.45) is 0 Å². The third-order valence-electron chi connectivity index (χ3n) is 0. The van der Waals surface area contributed by atoms with E-state index in [-0.39, 0.29) is 0 Å². The van der Waals surface area contributed by atoms with Crippen LogP contribution in [-0.2, 0) is 0 Å². The van der Waals surface area contributed by atoms with Crippen LogP contribution in [0.15, 0.2) is 0 Å². The quantitative estimate of drug-likeness (QED) is 0.437. The summed E-state index contributed by atoms with van der Waals surface area (Å²) in [5.41, 5.74) is 0. The molecule has 0 saturated carbocycles. The Kier molecular flexibility index (Phi) is 15.9. The van der Waals surface area contributed by atoms with Crippen LogP contribution in [0.4, 0.5) is 0 Å². The molecule has 0 aliphatic heterocycles. The highest BCUT2D eigenvalue weighted by molar-refractivity contribution is 7.54. The molecule has 0 aliphatic carbocycles. The fraction of sp³-hybridized carbons (Fsp3) is 0. The first kappa shape index (κ1) is 10.1. The van der Waals surface area contributed by atoms with Gasteiger partial charge in [0, 0.05) is 15.5 Å². The fourth-order valence-corrected chi connectivity index (χ4v) is 0. The highest BCUT2D eigenvalue weighted by atomic mass is 35.6. The average molecular weight is 139 g/mol. The molecule has 0 atom stereocenters. The SMILES string of the molecule is ClB(Cl)Cl.[B][B]. The molecule has 0 nitrogen and oxygen atoms in total. The van der Waals surface area contributed by atoms with Crippen LogP contribution in [0, 0.1) is 0 Å². The summed E-state index contributed by atoms with van der Waals surface area (Å²) in [6.07, 6.45) is 0. The first-order chi connectivity index (χ1) is 2.73. The van der Waals surface area contributed by atoms with E-state index in [4.69, 9.17) is 34.4 Å². The van der Waals surface area contributed by atoms with Crippen molar-refractivity contribution in [2.75, 3.05) is 0 Å². The van der Waals surface area contributed by atoms with Gasteiger partial charge in [0.25, 0.3) is 0 Å². The van der Waals surface area contributed by atoms with Crippen LogP contribution in [0.25, 0.3) is 0 Å². The molecule has 0 aliphatic rings. The maximum atomic E-state index is 4.81. The fourth-order valence-electron chi connectivity index (χ4n) is 0. The van der Waals surface area contributed by atoms with E-state index < -0.39 is 4.96 Å². The third kappa shape index (κ3) is 73.8. The van der Waals surface area contributed by atoms with Crippen LogP contribution < -0.4 is 0 Å². The van der Waals surface area contributed by atoms with Gasteiger partial charge in [0.15, 0.2) is 0 Å². The van der Waals surface area contributed by atoms with E-state index in [1.54, 1.807) is 0 Å². The van der Waals surface area contributed by atoms with Gasteiger partial charge in [-0.1, -0.05) is 0 Å². The molecule has 0 aromatic carbocycles. The van der Waals surface area contributed by atoms with E-state index in [2.05, 4.69) is 15.5 Å². The normalized spacial score (nSPS) is 5.17. The van der Waals surface area contributed by atoms with E-state index in [1.165, 1.54) is 0 Å². The van der Waals surface area contributed by atoms with Gasteiger partial charge in [0.05, 0.1) is 0 Å². The van der Waals surface area contributed by atoms with Crippen molar-refractivity contribution in [1.29, 1.82) is 0 Å². The van der Waals surface area contributed by atoms with Crippen molar-refractivity contribution in [3.8, 4) is 0 Å². The Bertz CT molecular complexity index is 10.8. The molecule has 6 heavy (non-hydrogen) atoms. The van der Waals surface area contributed by atoms with E-state index in [0.717, 1.165) is 0 Å². The summed E-state index contributed by atoms with van der Waals surface area (Å²) in [6, 6.07) is 0. The van der Waals surface area contributed by atoms with Crippen LogP contribution in [0.5, 0.6) is 0 Å². The highest BCUT2D eigenvalue weighted by Crippen LogP contribution is 1.97. The number of halogens is 3. The second kappa shape index (κ2) is 9.42. The third-order valence-corrected chi connectivity index (χ3v) is 0. The molecule has 4 radical (unpaired) electrons. The lowest BCUT2D eigenvalue weighted by Crippen LogP contribution is -1.66. The summed E-state index contributed by atoms with van der Waals surface area (Å²) in [5.74, 6) is 0. The molecular formula is B3Cl3. The Morgan fingerprint density at radius 1 is 1.00 bits per heavy atom. The maximum absolute atomic E-state index is 4.81. The molecule has 0 saturated heterocycles. The zero-order valence-corrected chi connectivity index (χ0v) is 5.13. The van der Waals surface area contributed by atoms with Gasteiger partial charge in [0.1, 0.15) is 0 Å². The molecule has 0 spiro atoms. The van der Waals surface area contributed by atoms with Gasteiger partial charge >= 0.3 is 4.96 Å².